The maximum absolute atomic E-state index is 12.5. The van der Waals surface area contributed by atoms with Crippen molar-refractivity contribution < 1.29 is 13.2 Å². The lowest BCUT2D eigenvalue weighted by Crippen LogP contribution is -2.09. The molecule has 1 aromatic carbocycles. The molecule has 2 N–H and O–H groups in total. The molecule has 1 heterocycles. The molecule has 0 spiro atoms. The van der Waals surface area contributed by atoms with Gasteiger partial charge in [-0.3, -0.25) is 0 Å². The zero-order chi connectivity index (χ0) is 12.8. The average Bonchev–Trinajstić information content (AvgIpc) is 2.17. The van der Waals surface area contributed by atoms with Crippen LogP contribution in [-0.4, -0.2) is 4.98 Å². The van der Waals surface area contributed by atoms with E-state index in [1.807, 2.05) is 0 Å². The highest BCUT2D eigenvalue weighted by atomic mass is 79.9. The van der Waals surface area contributed by atoms with E-state index in [1.54, 1.807) is 6.07 Å². The molecular weight excluding hydrogens is 320 g/mol. The first-order valence-electron chi connectivity index (χ1n) is 4.41. The molecular formula is C10H5BrClF3N2. The molecule has 0 saturated carbocycles. The highest BCUT2D eigenvalue weighted by Gasteiger charge is 2.33. The monoisotopic (exact) mass is 324 g/mol. The van der Waals surface area contributed by atoms with Gasteiger partial charge < -0.3 is 5.73 Å². The Morgan fingerprint density at radius 2 is 1.88 bits per heavy atom. The first-order chi connectivity index (χ1) is 7.79. The second kappa shape index (κ2) is 4.03. The van der Waals surface area contributed by atoms with Crippen molar-refractivity contribution in [1.82, 2.24) is 4.98 Å². The number of nitrogens with two attached hydrogens (primary N) is 1. The van der Waals surface area contributed by atoms with Gasteiger partial charge in [-0.2, -0.15) is 13.2 Å². The van der Waals surface area contributed by atoms with Crippen LogP contribution in [0.25, 0.3) is 10.9 Å². The first kappa shape index (κ1) is 12.4. The highest BCUT2D eigenvalue weighted by molar-refractivity contribution is 9.10. The van der Waals surface area contributed by atoms with Crippen LogP contribution in [0.4, 0.5) is 18.9 Å². The number of alkyl halides is 3. The van der Waals surface area contributed by atoms with Crippen molar-refractivity contribution >= 4 is 44.1 Å². The van der Waals surface area contributed by atoms with Gasteiger partial charge in [-0.15, -0.1) is 0 Å². The van der Waals surface area contributed by atoms with Gasteiger partial charge in [0.1, 0.15) is 5.69 Å². The van der Waals surface area contributed by atoms with Gasteiger partial charge in [-0.05, 0) is 18.2 Å². The Morgan fingerprint density at radius 1 is 1.24 bits per heavy atom. The van der Waals surface area contributed by atoms with Gasteiger partial charge in [0.25, 0.3) is 0 Å². The lowest BCUT2D eigenvalue weighted by molar-refractivity contribution is -0.140. The van der Waals surface area contributed by atoms with Crippen LogP contribution in [0.15, 0.2) is 22.7 Å². The van der Waals surface area contributed by atoms with Crippen LogP contribution in [0.1, 0.15) is 5.69 Å². The van der Waals surface area contributed by atoms with E-state index >= 15 is 0 Å². The van der Waals surface area contributed by atoms with E-state index in [9.17, 15) is 13.2 Å². The van der Waals surface area contributed by atoms with Crippen molar-refractivity contribution in [3.63, 3.8) is 0 Å². The van der Waals surface area contributed by atoms with Crippen LogP contribution in [0.3, 0.4) is 0 Å². The Morgan fingerprint density at radius 3 is 2.47 bits per heavy atom. The lowest BCUT2D eigenvalue weighted by Gasteiger charge is -2.10. The average molecular weight is 326 g/mol. The van der Waals surface area contributed by atoms with Crippen molar-refractivity contribution in [3.8, 4) is 0 Å². The third-order valence-electron chi connectivity index (χ3n) is 2.15. The summed E-state index contributed by atoms with van der Waals surface area (Å²) < 4.78 is 38.2. The van der Waals surface area contributed by atoms with E-state index in [-0.39, 0.29) is 16.2 Å². The zero-order valence-electron chi connectivity index (χ0n) is 8.15. The van der Waals surface area contributed by atoms with Gasteiger partial charge in [-0.1, -0.05) is 27.5 Å². The molecule has 0 radical (unpaired) electrons. The van der Waals surface area contributed by atoms with Gasteiger partial charge in [-0.25, -0.2) is 4.98 Å². The number of hydrogen-bond acceptors (Lipinski definition) is 2. The number of hydrogen-bond donors (Lipinski definition) is 1. The summed E-state index contributed by atoms with van der Waals surface area (Å²) in [6.45, 7) is 0. The summed E-state index contributed by atoms with van der Waals surface area (Å²) in [4.78, 5) is 3.49. The minimum Gasteiger partial charge on any atom is -0.398 e. The maximum atomic E-state index is 12.5. The van der Waals surface area contributed by atoms with Crippen molar-refractivity contribution in [2.24, 2.45) is 0 Å². The Labute approximate surface area is 108 Å². The summed E-state index contributed by atoms with van der Waals surface area (Å²) in [6, 6.07) is 3.84. The molecule has 2 rings (SSSR count). The molecule has 0 atom stereocenters. The number of benzene rings is 1. The molecule has 0 amide bonds. The molecule has 0 unspecified atom stereocenters. The van der Waals surface area contributed by atoms with E-state index in [4.69, 9.17) is 17.3 Å². The Bertz CT molecular complexity index is 598. The van der Waals surface area contributed by atoms with Gasteiger partial charge in [0.2, 0.25) is 0 Å². The Balaban J connectivity index is 2.83. The number of halogens is 5. The highest BCUT2D eigenvalue weighted by Crippen LogP contribution is 2.35. The number of nitrogens with zero attached hydrogens (tertiary/aromatic N) is 1. The second-order valence-corrected chi connectivity index (χ2v) is 4.70. The third-order valence-corrected chi connectivity index (χ3v) is 2.90. The quantitative estimate of drug-likeness (QED) is 0.786. The predicted octanol–water partition coefficient (Wildman–Crippen LogP) is 4.25. The molecule has 0 fully saturated rings. The normalized spacial score (nSPS) is 12.1. The van der Waals surface area contributed by atoms with Crippen molar-refractivity contribution in [2.45, 2.75) is 6.18 Å². The number of pyridine rings is 1. The number of nitrogen functional groups attached to an aromatic ring is 1. The van der Waals surface area contributed by atoms with E-state index < -0.39 is 11.9 Å². The SMILES string of the molecule is Nc1cc(C(F)(F)F)nc2c(Cl)cc(Br)cc12. The summed E-state index contributed by atoms with van der Waals surface area (Å²) in [6.07, 6.45) is -4.54. The number of rotatable bonds is 0. The first-order valence-corrected chi connectivity index (χ1v) is 5.58. The summed E-state index contributed by atoms with van der Waals surface area (Å²) in [7, 11) is 0. The van der Waals surface area contributed by atoms with Crippen LogP contribution in [-0.2, 0) is 6.18 Å². The Kier molecular flexibility index (Phi) is 2.95. The van der Waals surface area contributed by atoms with Gasteiger partial charge in [0.05, 0.1) is 10.5 Å². The summed E-state index contributed by atoms with van der Waals surface area (Å²) in [5, 5.41) is 0.504. The van der Waals surface area contributed by atoms with Crippen LogP contribution >= 0.6 is 27.5 Å². The van der Waals surface area contributed by atoms with Crippen LogP contribution < -0.4 is 5.73 Å². The van der Waals surface area contributed by atoms with Gasteiger partial charge >= 0.3 is 6.18 Å². The van der Waals surface area contributed by atoms with Crippen molar-refractivity contribution in [1.29, 1.82) is 0 Å². The second-order valence-electron chi connectivity index (χ2n) is 3.38. The fourth-order valence-corrected chi connectivity index (χ4v) is 2.27. The van der Waals surface area contributed by atoms with Crippen molar-refractivity contribution in [3.05, 3.63) is 33.4 Å². The molecule has 0 aliphatic rings. The van der Waals surface area contributed by atoms with E-state index in [1.165, 1.54) is 6.07 Å². The van der Waals surface area contributed by atoms with E-state index in [2.05, 4.69) is 20.9 Å². The summed E-state index contributed by atoms with van der Waals surface area (Å²) >= 11 is 9.03. The fourth-order valence-electron chi connectivity index (χ4n) is 1.42. The number of anilines is 1. The largest absolute Gasteiger partial charge is 0.433 e. The Hall–Kier alpha value is -1.01. The molecule has 1 aromatic heterocycles. The molecule has 17 heavy (non-hydrogen) atoms. The minimum atomic E-state index is -4.54. The topological polar surface area (TPSA) is 38.9 Å². The van der Waals surface area contributed by atoms with Crippen LogP contribution in [0, 0.1) is 0 Å². The maximum Gasteiger partial charge on any atom is 0.433 e. The minimum absolute atomic E-state index is 0.00877. The van der Waals surface area contributed by atoms with E-state index in [0.717, 1.165) is 6.07 Å². The number of fused-ring (bicyclic) bond motifs is 1. The lowest BCUT2D eigenvalue weighted by atomic mass is 10.1. The number of aromatic nitrogens is 1. The molecule has 0 aliphatic heterocycles. The van der Waals surface area contributed by atoms with Crippen LogP contribution in [0.5, 0.6) is 0 Å². The smallest absolute Gasteiger partial charge is 0.398 e. The van der Waals surface area contributed by atoms with Crippen molar-refractivity contribution in [2.75, 3.05) is 5.73 Å². The molecule has 0 saturated heterocycles. The standard InChI is InChI=1S/C10H5BrClF3N2/c11-4-1-5-7(16)3-8(10(13,14)15)17-9(5)6(12)2-4/h1-3H,(H2,16,17). The summed E-state index contributed by atoms with van der Waals surface area (Å²) in [5.41, 5.74) is 4.56. The fraction of sp³-hybridized carbons (Fsp3) is 0.100. The van der Waals surface area contributed by atoms with Gasteiger partial charge in [0, 0.05) is 15.5 Å². The molecule has 0 bridgehead atoms. The van der Waals surface area contributed by atoms with Gasteiger partial charge in [0.15, 0.2) is 0 Å². The molecule has 2 nitrogen and oxygen atoms in total. The zero-order valence-corrected chi connectivity index (χ0v) is 10.5. The molecule has 0 aliphatic carbocycles. The molecule has 90 valence electrons. The molecule has 2 aromatic rings. The predicted molar refractivity (Wildman–Crippen MR) is 63.9 cm³/mol. The van der Waals surface area contributed by atoms with Crippen LogP contribution in [0.2, 0.25) is 5.02 Å². The summed E-state index contributed by atoms with van der Waals surface area (Å²) in [5.74, 6) is 0. The third kappa shape index (κ3) is 2.32. The molecule has 7 heteroatoms. The van der Waals surface area contributed by atoms with E-state index in [0.29, 0.717) is 9.86 Å².